The van der Waals surface area contributed by atoms with Crippen molar-refractivity contribution in [3.8, 4) is 0 Å². The van der Waals surface area contributed by atoms with E-state index in [-0.39, 0.29) is 0 Å². The lowest BCUT2D eigenvalue weighted by Gasteiger charge is -2.13. The van der Waals surface area contributed by atoms with Crippen molar-refractivity contribution < 1.29 is 0 Å². The van der Waals surface area contributed by atoms with E-state index in [4.69, 9.17) is 11.5 Å². The number of unbranched alkanes of at least 4 members (excludes halogenated alkanes) is 20. The molecule has 4 aromatic carbocycles. The zero-order valence-electron chi connectivity index (χ0n) is 36.7. The molecule has 312 valence electrons. The van der Waals surface area contributed by atoms with Crippen molar-refractivity contribution in [2.75, 3.05) is 11.5 Å². The number of rotatable bonds is 32. The summed E-state index contributed by atoms with van der Waals surface area (Å²) in [7, 11) is 0. The standard InChI is InChI=1S/C55H82N2/c1-3-5-7-9-18-24-28-52-44-48(42-46-32-38-54(56)39-33-46)30-36-50(52)26-22-20-16-14-12-11-13-15-17-21-23-27-51-37-31-49(43-47-34-40-55(57)41-35-47)45-53(51)29-25-19-10-8-6-4-2/h30-41,44-45H,3-29,42-43,56-57H2,1-2H3. The molecule has 0 heterocycles. The fraction of sp³-hybridized carbons (Fsp3) is 0.564. The second kappa shape index (κ2) is 28.8. The lowest BCUT2D eigenvalue weighted by atomic mass is 9.92. The fourth-order valence-electron chi connectivity index (χ4n) is 8.69. The van der Waals surface area contributed by atoms with Gasteiger partial charge in [-0.05, 0) is 133 Å². The van der Waals surface area contributed by atoms with E-state index in [2.05, 4.69) is 74.5 Å². The summed E-state index contributed by atoms with van der Waals surface area (Å²) in [4.78, 5) is 0. The third kappa shape index (κ3) is 19.7. The number of nitrogens with two attached hydrogens (primary N) is 2. The van der Waals surface area contributed by atoms with Crippen molar-refractivity contribution >= 4 is 11.4 Å². The highest BCUT2D eigenvalue weighted by Crippen LogP contribution is 2.24. The summed E-state index contributed by atoms with van der Waals surface area (Å²) >= 11 is 0. The molecule has 0 aliphatic rings. The van der Waals surface area contributed by atoms with Crippen LogP contribution in [0.2, 0.25) is 0 Å². The predicted molar refractivity (Wildman–Crippen MR) is 253 cm³/mol. The number of nitrogen functional groups attached to an aromatic ring is 2. The Labute approximate surface area is 351 Å². The second-order valence-corrected chi connectivity index (χ2v) is 17.5. The monoisotopic (exact) mass is 771 g/mol. The third-order valence-electron chi connectivity index (χ3n) is 12.3. The van der Waals surface area contributed by atoms with Gasteiger partial charge in [-0.3, -0.25) is 0 Å². The summed E-state index contributed by atoms with van der Waals surface area (Å²) in [6.07, 6.45) is 38.5. The predicted octanol–water partition coefficient (Wildman–Crippen LogP) is 15.9. The van der Waals surface area contributed by atoms with Gasteiger partial charge in [-0.1, -0.05) is 197 Å². The lowest BCUT2D eigenvalue weighted by molar-refractivity contribution is 0.544. The second-order valence-electron chi connectivity index (χ2n) is 17.5. The van der Waals surface area contributed by atoms with E-state index in [0.29, 0.717) is 0 Å². The van der Waals surface area contributed by atoms with Gasteiger partial charge in [-0.2, -0.15) is 0 Å². The molecule has 4 rings (SSSR count). The third-order valence-corrected chi connectivity index (χ3v) is 12.3. The molecule has 0 saturated carbocycles. The molecule has 2 nitrogen and oxygen atoms in total. The summed E-state index contributed by atoms with van der Waals surface area (Å²) in [5.41, 5.74) is 25.6. The minimum absolute atomic E-state index is 0.844. The van der Waals surface area contributed by atoms with Crippen LogP contribution in [0.4, 0.5) is 11.4 Å². The summed E-state index contributed by atoms with van der Waals surface area (Å²) in [6, 6.07) is 31.5. The van der Waals surface area contributed by atoms with Crippen molar-refractivity contribution in [3.05, 3.63) is 129 Å². The van der Waals surface area contributed by atoms with Gasteiger partial charge in [-0.15, -0.1) is 0 Å². The van der Waals surface area contributed by atoms with Crippen molar-refractivity contribution in [2.45, 2.75) is 200 Å². The average molecular weight is 771 g/mol. The SMILES string of the molecule is CCCCCCCCc1cc(Cc2ccc(N)cc2)ccc1CCCCCCCCCCCCCc1ccc(Cc2ccc(N)cc2)cc1CCCCCCCC. The largest absolute Gasteiger partial charge is 0.399 e. The maximum Gasteiger partial charge on any atom is 0.0314 e. The van der Waals surface area contributed by atoms with Gasteiger partial charge in [0.1, 0.15) is 0 Å². The van der Waals surface area contributed by atoms with E-state index in [1.807, 2.05) is 24.3 Å². The highest BCUT2D eigenvalue weighted by Gasteiger charge is 2.08. The van der Waals surface area contributed by atoms with E-state index < -0.39 is 0 Å². The summed E-state index contributed by atoms with van der Waals surface area (Å²) < 4.78 is 0. The molecule has 0 aliphatic carbocycles. The molecule has 0 fully saturated rings. The Morgan fingerprint density at radius 3 is 0.860 bits per heavy atom. The average Bonchev–Trinajstić information content (AvgIpc) is 3.22. The van der Waals surface area contributed by atoms with Crippen molar-refractivity contribution in [1.29, 1.82) is 0 Å². The van der Waals surface area contributed by atoms with Gasteiger partial charge in [0.15, 0.2) is 0 Å². The smallest absolute Gasteiger partial charge is 0.0314 e. The molecule has 0 radical (unpaired) electrons. The lowest BCUT2D eigenvalue weighted by Crippen LogP contribution is -1.99. The zero-order chi connectivity index (χ0) is 40.2. The fourth-order valence-corrected chi connectivity index (χ4v) is 8.69. The quantitative estimate of drug-likeness (QED) is 0.0384. The van der Waals surface area contributed by atoms with E-state index in [1.165, 1.54) is 196 Å². The van der Waals surface area contributed by atoms with Crippen LogP contribution in [0.15, 0.2) is 84.9 Å². The molecule has 0 bridgehead atoms. The first-order valence-corrected chi connectivity index (χ1v) is 23.9. The van der Waals surface area contributed by atoms with E-state index in [9.17, 15) is 0 Å². The minimum Gasteiger partial charge on any atom is -0.399 e. The highest BCUT2D eigenvalue weighted by atomic mass is 14.5. The molecule has 2 heteroatoms. The van der Waals surface area contributed by atoms with Gasteiger partial charge in [-0.25, -0.2) is 0 Å². The van der Waals surface area contributed by atoms with Crippen LogP contribution in [0.3, 0.4) is 0 Å². The Morgan fingerprint density at radius 1 is 0.281 bits per heavy atom. The van der Waals surface area contributed by atoms with E-state index in [1.54, 1.807) is 22.3 Å². The van der Waals surface area contributed by atoms with Crippen LogP contribution in [0, 0.1) is 0 Å². The molecule has 4 aromatic rings. The Hall–Kier alpha value is -3.52. The van der Waals surface area contributed by atoms with E-state index in [0.717, 1.165) is 24.2 Å². The number of aryl methyl sites for hydroxylation is 4. The van der Waals surface area contributed by atoms with Crippen LogP contribution < -0.4 is 11.5 Å². The molecular formula is C55H82N2. The van der Waals surface area contributed by atoms with Crippen molar-refractivity contribution in [3.63, 3.8) is 0 Å². The first-order valence-electron chi connectivity index (χ1n) is 23.9. The van der Waals surface area contributed by atoms with Crippen LogP contribution in [0.1, 0.15) is 206 Å². The van der Waals surface area contributed by atoms with Crippen molar-refractivity contribution in [1.82, 2.24) is 0 Å². The molecule has 4 N–H and O–H groups in total. The number of hydrogen-bond acceptors (Lipinski definition) is 2. The molecule has 0 spiro atoms. The Kier molecular flexibility index (Phi) is 23.3. The van der Waals surface area contributed by atoms with Gasteiger partial charge in [0.25, 0.3) is 0 Å². The van der Waals surface area contributed by atoms with Gasteiger partial charge in [0.05, 0.1) is 0 Å². The Morgan fingerprint density at radius 2 is 0.544 bits per heavy atom. The molecule has 57 heavy (non-hydrogen) atoms. The van der Waals surface area contributed by atoms with Gasteiger partial charge in [0, 0.05) is 11.4 Å². The number of benzene rings is 4. The normalized spacial score (nSPS) is 11.4. The highest BCUT2D eigenvalue weighted by molar-refractivity contribution is 5.43. The van der Waals surface area contributed by atoms with Crippen LogP contribution in [0.5, 0.6) is 0 Å². The van der Waals surface area contributed by atoms with Crippen LogP contribution in [-0.4, -0.2) is 0 Å². The maximum absolute atomic E-state index is 5.94. The molecule has 0 amide bonds. The Balaban J connectivity index is 1.09. The maximum atomic E-state index is 5.94. The van der Waals surface area contributed by atoms with Crippen LogP contribution in [-0.2, 0) is 38.5 Å². The van der Waals surface area contributed by atoms with Gasteiger partial charge >= 0.3 is 0 Å². The van der Waals surface area contributed by atoms with Crippen LogP contribution in [0.25, 0.3) is 0 Å². The van der Waals surface area contributed by atoms with Gasteiger partial charge in [0.2, 0.25) is 0 Å². The molecular weight excluding hydrogens is 689 g/mol. The first kappa shape index (κ1) is 46.2. The molecule has 0 saturated heterocycles. The topological polar surface area (TPSA) is 52.0 Å². The van der Waals surface area contributed by atoms with Crippen LogP contribution >= 0.6 is 0 Å². The van der Waals surface area contributed by atoms with Crippen molar-refractivity contribution in [2.24, 2.45) is 0 Å². The summed E-state index contributed by atoms with van der Waals surface area (Å²) in [5, 5.41) is 0. The number of anilines is 2. The number of hydrogen-bond donors (Lipinski definition) is 2. The summed E-state index contributed by atoms with van der Waals surface area (Å²) in [5.74, 6) is 0. The van der Waals surface area contributed by atoms with Gasteiger partial charge < -0.3 is 11.5 Å². The molecule has 0 aromatic heterocycles. The Bertz CT molecular complexity index is 1480. The zero-order valence-corrected chi connectivity index (χ0v) is 36.7. The molecule has 0 aliphatic heterocycles. The molecule has 0 unspecified atom stereocenters. The minimum atomic E-state index is 0.844. The van der Waals surface area contributed by atoms with E-state index >= 15 is 0 Å². The summed E-state index contributed by atoms with van der Waals surface area (Å²) in [6.45, 7) is 4.61. The first-order chi connectivity index (χ1) is 28.0. The molecule has 0 atom stereocenters.